The van der Waals surface area contributed by atoms with E-state index in [4.69, 9.17) is 0 Å². The standard InChI is InChI=1S/C11H22N2O2/c1-2-10(14)7-8-12-11(15)13-9-5-3-4-6-9/h9-10,14H,2-8H2,1H3,(H2,12,13,15). The van der Waals surface area contributed by atoms with E-state index < -0.39 is 0 Å². The lowest BCUT2D eigenvalue weighted by molar-refractivity contribution is 0.160. The van der Waals surface area contributed by atoms with Gasteiger partial charge in [0.25, 0.3) is 0 Å². The number of hydrogen-bond acceptors (Lipinski definition) is 2. The summed E-state index contributed by atoms with van der Waals surface area (Å²) in [6.45, 7) is 2.48. The highest BCUT2D eigenvalue weighted by Gasteiger charge is 2.16. The molecule has 1 fully saturated rings. The number of amides is 2. The lowest BCUT2D eigenvalue weighted by atomic mass is 10.2. The largest absolute Gasteiger partial charge is 0.393 e. The van der Waals surface area contributed by atoms with Crippen LogP contribution in [-0.2, 0) is 0 Å². The first-order chi connectivity index (χ1) is 7.22. The van der Waals surface area contributed by atoms with Gasteiger partial charge in [-0.15, -0.1) is 0 Å². The van der Waals surface area contributed by atoms with E-state index in [1.807, 2.05) is 6.92 Å². The number of carbonyl (C=O) groups is 1. The third-order valence-electron chi connectivity index (χ3n) is 2.92. The summed E-state index contributed by atoms with van der Waals surface area (Å²) < 4.78 is 0. The topological polar surface area (TPSA) is 61.4 Å². The van der Waals surface area contributed by atoms with Crippen LogP contribution in [0.15, 0.2) is 0 Å². The van der Waals surface area contributed by atoms with Crippen molar-refractivity contribution in [3.8, 4) is 0 Å². The van der Waals surface area contributed by atoms with Gasteiger partial charge in [-0.1, -0.05) is 19.8 Å². The minimum atomic E-state index is -0.295. The molecule has 0 radical (unpaired) electrons. The number of urea groups is 1. The van der Waals surface area contributed by atoms with Crippen LogP contribution in [0.2, 0.25) is 0 Å². The fourth-order valence-corrected chi connectivity index (χ4v) is 1.86. The zero-order valence-corrected chi connectivity index (χ0v) is 9.46. The fraction of sp³-hybridized carbons (Fsp3) is 0.909. The maximum Gasteiger partial charge on any atom is 0.315 e. The quantitative estimate of drug-likeness (QED) is 0.647. The Kier molecular flexibility index (Phi) is 5.47. The second-order valence-corrected chi connectivity index (χ2v) is 4.23. The molecule has 4 heteroatoms. The first-order valence-corrected chi connectivity index (χ1v) is 5.94. The van der Waals surface area contributed by atoms with E-state index in [0.29, 0.717) is 19.0 Å². The number of aliphatic hydroxyl groups is 1. The molecule has 0 aliphatic heterocycles. The van der Waals surface area contributed by atoms with Gasteiger partial charge in [-0.3, -0.25) is 0 Å². The van der Waals surface area contributed by atoms with Crippen LogP contribution in [0.25, 0.3) is 0 Å². The second-order valence-electron chi connectivity index (χ2n) is 4.23. The van der Waals surface area contributed by atoms with Gasteiger partial charge in [0, 0.05) is 12.6 Å². The van der Waals surface area contributed by atoms with Crippen LogP contribution < -0.4 is 10.6 Å². The van der Waals surface area contributed by atoms with E-state index in [1.54, 1.807) is 0 Å². The molecule has 1 aliphatic carbocycles. The van der Waals surface area contributed by atoms with Gasteiger partial charge in [0.1, 0.15) is 0 Å². The average molecular weight is 214 g/mol. The van der Waals surface area contributed by atoms with E-state index in [1.165, 1.54) is 12.8 Å². The third-order valence-corrected chi connectivity index (χ3v) is 2.92. The van der Waals surface area contributed by atoms with Crippen LogP contribution in [-0.4, -0.2) is 29.8 Å². The first kappa shape index (κ1) is 12.3. The Hall–Kier alpha value is -0.770. The zero-order chi connectivity index (χ0) is 11.1. The monoisotopic (exact) mass is 214 g/mol. The molecule has 4 nitrogen and oxygen atoms in total. The Morgan fingerprint density at radius 2 is 2.13 bits per heavy atom. The Bertz CT molecular complexity index is 191. The molecule has 1 atom stereocenters. The summed E-state index contributed by atoms with van der Waals surface area (Å²) in [5.74, 6) is 0. The smallest absolute Gasteiger partial charge is 0.315 e. The summed E-state index contributed by atoms with van der Waals surface area (Å²) in [5.41, 5.74) is 0. The van der Waals surface area contributed by atoms with Crippen molar-refractivity contribution in [3.05, 3.63) is 0 Å². The van der Waals surface area contributed by atoms with Crippen molar-refractivity contribution in [2.45, 2.75) is 57.6 Å². The van der Waals surface area contributed by atoms with Crippen molar-refractivity contribution in [2.75, 3.05) is 6.54 Å². The summed E-state index contributed by atoms with van der Waals surface area (Å²) in [7, 11) is 0. The number of hydrogen-bond donors (Lipinski definition) is 3. The summed E-state index contributed by atoms with van der Waals surface area (Å²) in [6, 6.07) is 0.270. The molecule has 2 amide bonds. The van der Waals surface area contributed by atoms with Gasteiger partial charge in [0.2, 0.25) is 0 Å². The molecule has 88 valence electrons. The summed E-state index contributed by atoms with van der Waals surface area (Å²) in [5, 5.41) is 15.0. The molecule has 1 rings (SSSR count). The van der Waals surface area contributed by atoms with Crippen LogP contribution in [0.5, 0.6) is 0 Å². The van der Waals surface area contributed by atoms with Crippen LogP contribution in [0.4, 0.5) is 4.79 Å². The summed E-state index contributed by atoms with van der Waals surface area (Å²) in [4.78, 5) is 11.4. The molecule has 0 bridgehead atoms. The molecule has 1 saturated carbocycles. The van der Waals surface area contributed by atoms with Crippen LogP contribution in [0.1, 0.15) is 45.4 Å². The van der Waals surface area contributed by atoms with Crippen LogP contribution in [0.3, 0.4) is 0 Å². The van der Waals surface area contributed by atoms with Gasteiger partial charge < -0.3 is 15.7 Å². The molecule has 0 heterocycles. The van der Waals surface area contributed by atoms with E-state index in [9.17, 15) is 9.90 Å². The van der Waals surface area contributed by atoms with Crippen molar-refractivity contribution in [3.63, 3.8) is 0 Å². The van der Waals surface area contributed by atoms with Gasteiger partial charge in [-0.25, -0.2) is 4.79 Å². The van der Waals surface area contributed by atoms with Crippen molar-refractivity contribution < 1.29 is 9.90 Å². The predicted octanol–water partition coefficient (Wildman–Crippen LogP) is 1.39. The van der Waals surface area contributed by atoms with Gasteiger partial charge in [-0.2, -0.15) is 0 Å². The van der Waals surface area contributed by atoms with Crippen molar-refractivity contribution in [1.29, 1.82) is 0 Å². The van der Waals surface area contributed by atoms with Gasteiger partial charge in [0.05, 0.1) is 6.10 Å². The molecule has 0 aromatic rings. The first-order valence-electron chi connectivity index (χ1n) is 5.94. The number of nitrogens with one attached hydrogen (secondary N) is 2. The van der Waals surface area contributed by atoms with E-state index in [-0.39, 0.29) is 12.1 Å². The van der Waals surface area contributed by atoms with Crippen molar-refractivity contribution in [1.82, 2.24) is 10.6 Å². The normalized spacial score (nSPS) is 18.8. The molecule has 15 heavy (non-hydrogen) atoms. The molecule has 0 aromatic heterocycles. The lowest BCUT2D eigenvalue weighted by Gasteiger charge is -2.13. The second kappa shape index (κ2) is 6.67. The van der Waals surface area contributed by atoms with E-state index in [0.717, 1.165) is 19.3 Å². The summed E-state index contributed by atoms with van der Waals surface area (Å²) >= 11 is 0. The number of aliphatic hydroxyl groups excluding tert-OH is 1. The Morgan fingerprint density at radius 3 is 2.73 bits per heavy atom. The molecular formula is C11H22N2O2. The number of carbonyl (C=O) groups excluding carboxylic acids is 1. The molecule has 0 spiro atoms. The van der Waals surface area contributed by atoms with Crippen molar-refractivity contribution in [2.24, 2.45) is 0 Å². The van der Waals surface area contributed by atoms with Gasteiger partial charge in [-0.05, 0) is 25.7 Å². The maximum absolute atomic E-state index is 11.4. The predicted molar refractivity (Wildman–Crippen MR) is 59.7 cm³/mol. The molecule has 3 N–H and O–H groups in total. The van der Waals surface area contributed by atoms with Gasteiger partial charge in [0.15, 0.2) is 0 Å². The molecular weight excluding hydrogens is 192 g/mol. The Morgan fingerprint density at radius 1 is 1.47 bits per heavy atom. The fourth-order valence-electron chi connectivity index (χ4n) is 1.86. The highest BCUT2D eigenvalue weighted by molar-refractivity contribution is 5.74. The third kappa shape index (κ3) is 5.02. The molecule has 1 unspecified atom stereocenters. The minimum Gasteiger partial charge on any atom is -0.393 e. The average Bonchev–Trinajstić information content (AvgIpc) is 2.70. The Balaban J connectivity index is 2.02. The molecule has 1 aliphatic rings. The highest BCUT2D eigenvalue weighted by Crippen LogP contribution is 2.17. The highest BCUT2D eigenvalue weighted by atomic mass is 16.3. The number of rotatable bonds is 5. The SMILES string of the molecule is CCC(O)CCNC(=O)NC1CCCC1. The van der Waals surface area contributed by atoms with Crippen LogP contribution in [0, 0.1) is 0 Å². The van der Waals surface area contributed by atoms with Crippen LogP contribution >= 0.6 is 0 Å². The zero-order valence-electron chi connectivity index (χ0n) is 9.46. The summed E-state index contributed by atoms with van der Waals surface area (Å²) in [6.07, 6.45) is 5.73. The molecule has 0 saturated heterocycles. The molecule has 0 aromatic carbocycles. The van der Waals surface area contributed by atoms with Gasteiger partial charge >= 0.3 is 6.03 Å². The van der Waals surface area contributed by atoms with E-state index >= 15 is 0 Å². The maximum atomic E-state index is 11.4. The van der Waals surface area contributed by atoms with Crippen molar-refractivity contribution >= 4 is 6.03 Å². The van der Waals surface area contributed by atoms with E-state index in [2.05, 4.69) is 10.6 Å². The minimum absolute atomic E-state index is 0.0924. The lowest BCUT2D eigenvalue weighted by Crippen LogP contribution is -2.41. The Labute approximate surface area is 91.4 Å².